The fourth-order valence-electron chi connectivity index (χ4n) is 2.64. The van der Waals surface area contributed by atoms with Crippen LogP contribution in [0.5, 0.6) is 5.75 Å². The molecule has 0 radical (unpaired) electrons. The van der Waals surface area contributed by atoms with Crippen LogP contribution >= 0.6 is 0 Å². The molecule has 118 valence electrons. The molecule has 0 bridgehead atoms. The molecule has 1 heterocycles. The van der Waals surface area contributed by atoms with Crippen molar-refractivity contribution in [3.05, 3.63) is 23.8 Å². The highest BCUT2D eigenvalue weighted by Crippen LogP contribution is 2.31. The molecule has 1 aliphatic rings. The lowest BCUT2D eigenvalue weighted by molar-refractivity contribution is 0.145. The number of hydrogen-bond acceptors (Lipinski definition) is 4. The van der Waals surface area contributed by atoms with E-state index in [0.717, 1.165) is 50.3 Å². The molecule has 0 spiro atoms. The zero-order chi connectivity index (χ0) is 15.2. The minimum absolute atomic E-state index is 0.147. The zero-order valence-corrected chi connectivity index (χ0v) is 13.4. The van der Waals surface area contributed by atoms with Crippen LogP contribution in [0.25, 0.3) is 0 Å². The summed E-state index contributed by atoms with van der Waals surface area (Å²) in [6, 6.07) is 6.96. The van der Waals surface area contributed by atoms with E-state index in [1.54, 1.807) is 7.11 Å². The number of methoxy groups -OCH3 is 1. The highest BCUT2D eigenvalue weighted by molar-refractivity contribution is 5.60. The normalized spacial score (nSPS) is 17.8. The number of nitrogens with one attached hydrogen (secondary N) is 1. The van der Waals surface area contributed by atoms with E-state index in [1.165, 1.54) is 5.56 Å². The Bertz CT molecular complexity index is 442. The summed E-state index contributed by atoms with van der Waals surface area (Å²) in [6.45, 7) is 7.03. The fourth-order valence-corrected chi connectivity index (χ4v) is 2.64. The number of anilines is 1. The van der Waals surface area contributed by atoms with Crippen molar-refractivity contribution < 1.29 is 9.84 Å². The van der Waals surface area contributed by atoms with Gasteiger partial charge >= 0.3 is 0 Å². The van der Waals surface area contributed by atoms with Crippen LogP contribution in [0.1, 0.15) is 38.7 Å². The first kappa shape index (κ1) is 16.1. The van der Waals surface area contributed by atoms with Gasteiger partial charge in [0.15, 0.2) is 0 Å². The number of hydrogen-bond donors (Lipinski definition) is 2. The molecular formula is C17H28N2O2. The maximum absolute atomic E-state index is 9.62. The van der Waals surface area contributed by atoms with Gasteiger partial charge in [0.25, 0.3) is 0 Å². The van der Waals surface area contributed by atoms with Gasteiger partial charge in [0, 0.05) is 25.7 Å². The number of aliphatic hydroxyl groups excluding tert-OH is 1. The molecule has 0 saturated carbocycles. The van der Waals surface area contributed by atoms with E-state index >= 15 is 0 Å². The van der Waals surface area contributed by atoms with Gasteiger partial charge < -0.3 is 20.1 Å². The van der Waals surface area contributed by atoms with Crippen LogP contribution in [-0.4, -0.2) is 37.5 Å². The molecule has 2 rings (SSSR count). The summed E-state index contributed by atoms with van der Waals surface area (Å²) in [5.74, 6) is 0.926. The summed E-state index contributed by atoms with van der Waals surface area (Å²) in [4.78, 5) is 2.30. The molecule has 0 aliphatic carbocycles. The molecule has 1 atom stereocenters. The summed E-state index contributed by atoms with van der Waals surface area (Å²) in [7, 11) is 1.73. The molecule has 4 heteroatoms. The maximum atomic E-state index is 9.62. The summed E-state index contributed by atoms with van der Waals surface area (Å²) in [5, 5.41) is 13.1. The van der Waals surface area contributed by atoms with Gasteiger partial charge in [-0.1, -0.05) is 13.0 Å². The zero-order valence-electron chi connectivity index (χ0n) is 13.4. The first-order valence-corrected chi connectivity index (χ1v) is 7.97. The number of piperidine rings is 1. The number of rotatable bonds is 6. The van der Waals surface area contributed by atoms with E-state index in [1.807, 2.05) is 0 Å². The van der Waals surface area contributed by atoms with Crippen LogP contribution < -0.4 is 15.0 Å². The van der Waals surface area contributed by atoms with E-state index in [0.29, 0.717) is 6.04 Å². The maximum Gasteiger partial charge on any atom is 0.142 e. The van der Waals surface area contributed by atoms with Crippen LogP contribution in [0.3, 0.4) is 0 Å². The topological polar surface area (TPSA) is 44.7 Å². The van der Waals surface area contributed by atoms with Crippen LogP contribution in [0.2, 0.25) is 0 Å². The van der Waals surface area contributed by atoms with E-state index in [2.05, 4.69) is 42.3 Å². The molecule has 0 aromatic heterocycles. The summed E-state index contributed by atoms with van der Waals surface area (Å²) < 4.78 is 5.57. The Balaban J connectivity index is 2.05. The summed E-state index contributed by atoms with van der Waals surface area (Å²) in [6.07, 6.45) is 2.65. The van der Waals surface area contributed by atoms with Gasteiger partial charge in [-0.2, -0.15) is 0 Å². The molecule has 1 aromatic carbocycles. The predicted octanol–water partition coefficient (Wildman–Crippen LogP) is 2.54. The average Bonchev–Trinajstić information content (AvgIpc) is 2.53. The van der Waals surface area contributed by atoms with Crippen LogP contribution in [0.15, 0.2) is 18.2 Å². The third kappa shape index (κ3) is 4.35. The van der Waals surface area contributed by atoms with Crippen molar-refractivity contribution >= 4 is 5.69 Å². The lowest BCUT2D eigenvalue weighted by Crippen LogP contribution is -2.36. The van der Waals surface area contributed by atoms with Crippen LogP contribution in [0.4, 0.5) is 5.69 Å². The molecule has 1 aliphatic heterocycles. The lowest BCUT2D eigenvalue weighted by Gasteiger charge is -2.32. The van der Waals surface area contributed by atoms with Gasteiger partial charge in [-0.15, -0.1) is 0 Å². The molecular weight excluding hydrogens is 264 g/mol. The largest absolute Gasteiger partial charge is 0.495 e. The highest BCUT2D eigenvalue weighted by atomic mass is 16.5. The predicted molar refractivity (Wildman–Crippen MR) is 87.0 cm³/mol. The van der Waals surface area contributed by atoms with Gasteiger partial charge in [0.2, 0.25) is 0 Å². The molecule has 1 saturated heterocycles. The first-order chi connectivity index (χ1) is 10.1. The van der Waals surface area contributed by atoms with Gasteiger partial charge in [0.1, 0.15) is 5.75 Å². The third-order valence-corrected chi connectivity index (χ3v) is 4.32. The molecule has 1 unspecified atom stereocenters. The summed E-state index contributed by atoms with van der Waals surface area (Å²) >= 11 is 0. The van der Waals surface area contributed by atoms with Crippen molar-refractivity contribution in [1.82, 2.24) is 5.32 Å². The van der Waals surface area contributed by atoms with Crippen LogP contribution in [0, 0.1) is 0 Å². The van der Waals surface area contributed by atoms with Crippen molar-refractivity contribution in [3.63, 3.8) is 0 Å². The minimum Gasteiger partial charge on any atom is -0.495 e. The second kappa shape index (κ2) is 7.66. The SMILES string of the molecule is CCC(C)NCc1ccc(N2CCC(O)CC2)c(OC)c1. The Kier molecular flexibility index (Phi) is 5.88. The number of nitrogens with zero attached hydrogens (tertiary/aromatic N) is 1. The van der Waals surface area contributed by atoms with Gasteiger partial charge in [-0.05, 0) is 43.9 Å². The Hall–Kier alpha value is -1.26. The first-order valence-electron chi connectivity index (χ1n) is 7.97. The lowest BCUT2D eigenvalue weighted by atomic mass is 10.1. The second-order valence-corrected chi connectivity index (χ2v) is 5.91. The molecule has 1 fully saturated rings. The summed E-state index contributed by atoms with van der Waals surface area (Å²) in [5.41, 5.74) is 2.38. The Morgan fingerprint density at radius 1 is 1.38 bits per heavy atom. The number of benzene rings is 1. The van der Waals surface area contributed by atoms with E-state index in [9.17, 15) is 5.11 Å². The van der Waals surface area contributed by atoms with E-state index in [4.69, 9.17) is 4.74 Å². The Morgan fingerprint density at radius 2 is 2.10 bits per heavy atom. The van der Waals surface area contributed by atoms with Crippen molar-refractivity contribution in [2.75, 3.05) is 25.1 Å². The van der Waals surface area contributed by atoms with E-state index in [-0.39, 0.29) is 6.10 Å². The number of aliphatic hydroxyl groups is 1. The average molecular weight is 292 g/mol. The van der Waals surface area contributed by atoms with Crippen molar-refractivity contribution in [2.45, 2.75) is 51.8 Å². The Labute approximate surface area is 128 Å². The molecule has 2 N–H and O–H groups in total. The van der Waals surface area contributed by atoms with Crippen molar-refractivity contribution in [1.29, 1.82) is 0 Å². The number of ether oxygens (including phenoxy) is 1. The van der Waals surface area contributed by atoms with Gasteiger partial charge in [-0.25, -0.2) is 0 Å². The smallest absolute Gasteiger partial charge is 0.142 e. The van der Waals surface area contributed by atoms with E-state index < -0.39 is 0 Å². The minimum atomic E-state index is -0.147. The fraction of sp³-hybridized carbons (Fsp3) is 0.647. The van der Waals surface area contributed by atoms with Crippen molar-refractivity contribution in [3.8, 4) is 5.75 Å². The van der Waals surface area contributed by atoms with Gasteiger partial charge in [0.05, 0.1) is 18.9 Å². The van der Waals surface area contributed by atoms with Gasteiger partial charge in [-0.3, -0.25) is 0 Å². The Morgan fingerprint density at radius 3 is 2.71 bits per heavy atom. The monoisotopic (exact) mass is 292 g/mol. The molecule has 4 nitrogen and oxygen atoms in total. The molecule has 1 aromatic rings. The molecule has 0 amide bonds. The quantitative estimate of drug-likeness (QED) is 0.846. The highest BCUT2D eigenvalue weighted by Gasteiger charge is 2.20. The molecule has 21 heavy (non-hydrogen) atoms. The standard InChI is InChI=1S/C17H28N2O2/c1-4-13(2)18-12-14-5-6-16(17(11-14)21-3)19-9-7-15(20)8-10-19/h5-6,11,13,15,18,20H,4,7-10,12H2,1-3H3. The second-order valence-electron chi connectivity index (χ2n) is 5.91. The van der Waals surface area contributed by atoms with Crippen LogP contribution in [-0.2, 0) is 6.54 Å². The third-order valence-electron chi connectivity index (χ3n) is 4.32. The van der Waals surface area contributed by atoms with Crippen molar-refractivity contribution in [2.24, 2.45) is 0 Å².